The quantitative estimate of drug-likeness (QED) is 0.651. The molecule has 0 aromatic heterocycles. The molecule has 0 saturated carbocycles. The Balaban J connectivity index is 2.28. The molecule has 1 aromatic carbocycles. The molecule has 0 atom stereocenters. The highest BCUT2D eigenvalue weighted by Gasteiger charge is 2.24. The van der Waals surface area contributed by atoms with Crippen LogP contribution in [-0.4, -0.2) is 0 Å². The third kappa shape index (κ3) is 1.59. The first-order valence-corrected chi connectivity index (χ1v) is 6.88. The number of rotatable bonds is 2. The first-order chi connectivity index (χ1) is 8.74. The highest BCUT2D eigenvalue weighted by atomic mass is 14.3. The summed E-state index contributed by atoms with van der Waals surface area (Å²) >= 11 is 0. The van der Waals surface area contributed by atoms with Gasteiger partial charge in [0.1, 0.15) is 0 Å². The Labute approximate surface area is 110 Å². The van der Waals surface area contributed by atoms with Crippen LogP contribution in [0, 0.1) is 0 Å². The summed E-state index contributed by atoms with van der Waals surface area (Å²) in [5, 5.41) is 0. The van der Waals surface area contributed by atoms with E-state index < -0.39 is 0 Å². The molecule has 0 amide bonds. The third-order valence-electron chi connectivity index (χ3n) is 4.22. The third-order valence-corrected chi connectivity index (χ3v) is 4.22. The molecule has 0 nitrogen and oxygen atoms in total. The van der Waals surface area contributed by atoms with Gasteiger partial charge in [-0.15, -0.1) is 0 Å². The van der Waals surface area contributed by atoms with Gasteiger partial charge in [0.15, 0.2) is 0 Å². The second-order valence-electron chi connectivity index (χ2n) is 5.43. The normalized spacial score (nSPS) is 17.4. The van der Waals surface area contributed by atoms with Gasteiger partial charge < -0.3 is 0 Å². The molecule has 18 heavy (non-hydrogen) atoms. The Kier molecular flexibility index (Phi) is 2.74. The standard InChI is InChI=1S/C18H20/c1-4-13(5-2)18-16-8-6-7-14(16)11-15-9-12(3)10-17(15)18/h4-5,9,11H,1,6-8,10H2,2-3H3/b13-5+. The van der Waals surface area contributed by atoms with E-state index in [-0.39, 0.29) is 0 Å². The van der Waals surface area contributed by atoms with Crippen molar-refractivity contribution in [2.45, 2.75) is 39.5 Å². The molecular formula is C18H20. The van der Waals surface area contributed by atoms with E-state index in [1.54, 1.807) is 11.1 Å². The van der Waals surface area contributed by atoms with E-state index in [9.17, 15) is 0 Å². The predicted molar refractivity (Wildman–Crippen MR) is 79.7 cm³/mol. The van der Waals surface area contributed by atoms with Crippen molar-refractivity contribution in [2.24, 2.45) is 0 Å². The van der Waals surface area contributed by atoms with Crippen LogP contribution in [0.3, 0.4) is 0 Å². The van der Waals surface area contributed by atoms with E-state index in [4.69, 9.17) is 0 Å². The second kappa shape index (κ2) is 4.28. The van der Waals surface area contributed by atoms with Crippen molar-refractivity contribution >= 4 is 11.6 Å². The predicted octanol–water partition coefficient (Wildman–Crippen LogP) is 4.72. The Bertz CT molecular complexity index is 583. The average Bonchev–Trinajstić information content (AvgIpc) is 2.94. The van der Waals surface area contributed by atoms with Crippen molar-refractivity contribution in [3.8, 4) is 0 Å². The lowest BCUT2D eigenvalue weighted by atomic mass is 9.88. The lowest BCUT2D eigenvalue weighted by molar-refractivity contribution is 0.910. The van der Waals surface area contributed by atoms with E-state index in [0.29, 0.717) is 0 Å². The first-order valence-electron chi connectivity index (χ1n) is 6.88. The Hall–Kier alpha value is -1.56. The van der Waals surface area contributed by atoms with Gasteiger partial charge in [0.05, 0.1) is 0 Å². The van der Waals surface area contributed by atoms with Crippen molar-refractivity contribution in [1.82, 2.24) is 0 Å². The van der Waals surface area contributed by atoms with Crippen LogP contribution in [-0.2, 0) is 19.3 Å². The molecule has 92 valence electrons. The van der Waals surface area contributed by atoms with Gasteiger partial charge in [-0.05, 0) is 72.9 Å². The summed E-state index contributed by atoms with van der Waals surface area (Å²) < 4.78 is 0. The Morgan fingerprint density at radius 2 is 2.11 bits per heavy atom. The van der Waals surface area contributed by atoms with Crippen LogP contribution in [0.25, 0.3) is 11.6 Å². The summed E-state index contributed by atoms with van der Waals surface area (Å²) in [6, 6.07) is 2.42. The minimum absolute atomic E-state index is 1.11. The van der Waals surface area contributed by atoms with Crippen LogP contribution in [0.2, 0.25) is 0 Å². The van der Waals surface area contributed by atoms with Crippen LogP contribution in [0.5, 0.6) is 0 Å². The molecule has 0 bridgehead atoms. The van der Waals surface area contributed by atoms with E-state index in [1.807, 2.05) is 6.08 Å². The second-order valence-corrected chi connectivity index (χ2v) is 5.43. The number of aryl methyl sites for hydroxylation is 1. The first kappa shape index (κ1) is 11.5. The number of hydrogen-bond acceptors (Lipinski definition) is 0. The fraction of sp³-hybridized carbons (Fsp3) is 0.333. The Morgan fingerprint density at radius 3 is 2.83 bits per heavy atom. The SMILES string of the molecule is C=C/C(=C\C)c1c2c(cc3c1CCC3)C=C(C)C2. The molecule has 0 heteroatoms. The molecule has 0 N–H and O–H groups in total. The molecule has 2 aliphatic rings. The van der Waals surface area contributed by atoms with Gasteiger partial charge >= 0.3 is 0 Å². The average molecular weight is 236 g/mol. The topological polar surface area (TPSA) is 0 Å². The largest absolute Gasteiger partial charge is 0.0985 e. The highest BCUT2D eigenvalue weighted by Crippen LogP contribution is 2.39. The summed E-state index contributed by atoms with van der Waals surface area (Å²) in [5.74, 6) is 0. The molecule has 0 aliphatic heterocycles. The molecular weight excluding hydrogens is 216 g/mol. The van der Waals surface area contributed by atoms with Crippen molar-refractivity contribution in [2.75, 3.05) is 0 Å². The number of benzene rings is 1. The van der Waals surface area contributed by atoms with Crippen LogP contribution < -0.4 is 0 Å². The van der Waals surface area contributed by atoms with Crippen molar-refractivity contribution in [3.63, 3.8) is 0 Å². The zero-order chi connectivity index (χ0) is 12.7. The van der Waals surface area contributed by atoms with Crippen molar-refractivity contribution < 1.29 is 0 Å². The Morgan fingerprint density at radius 1 is 1.28 bits per heavy atom. The minimum atomic E-state index is 1.11. The maximum Gasteiger partial charge on any atom is -0.00543 e. The van der Waals surface area contributed by atoms with E-state index >= 15 is 0 Å². The number of hydrogen-bond donors (Lipinski definition) is 0. The summed E-state index contributed by atoms with van der Waals surface area (Å²) in [6.45, 7) is 8.35. The molecule has 1 aromatic rings. The zero-order valence-corrected chi connectivity index (χ0v) is 11.3. The molecule has 0 spiro atoms. The fourth-order valence-electron chi connectivity index (χ4n) is 3.44. The monoisotopic (exact) mass is 236 g/mol. The summed E-state index contributed by atoms with van der Waals surface area (Å²) in [7, 11) is 0. The molecule has 0 heterocycles. The molecule has 0 fully saturated rings. The molecule has 3 rings (SSSR count). The van der Waals surface area contributed by atoms with Gasteiger partial charge in [-0.2, -0.15) is 0 Å². The van der Waals surface area contributed by atoms with Crippen LogP contribution in [0.4, 0.5) is 0 Å². The van der Waals surface area contributed by atoms with E-state index in [0.717, 1.165) is 6.42 Å². The van der Waals surface area contributed by atoms with E-state index in [1.165, 1.54) is 47.1 Å². The van der Waals surface area contributed by atoms with Crippen molar-refractivity contribution in [1.29, 1.82) is 0 Å². The van der Waals surface area contributed by atoms with Gasteiger partial charge in [0, 0.05) is 0 Å². The van der Waals surface area contributed by atoms with E-state index in [2.05, 4.69) is 38.6 Å². The molecule has 0 radical (unpaired) electrons. The summed E-state index contributed by atoms with van der Waals surface area (Å²) in [5.41, 5.74) is 10.4. The van der Waals surface area contributed by atoms with Gasteiger partial charge in [-0.25, -0.2) is 0 Å². The number of fused-ring (bicyclic) bond motifs is 2. The lowest BCUT2D eigenvalue weighted by Gasteiger charge is -2.16. The fourth-order valence-corrected chi connectivity index (χ4v) is 3.44. The van der Waals surface area contributed by atoms with Gasteiger partial charge in [0.25, 0.3) is 0 Å². The minimum Gasteiger partial charge on any atom is -0.0985 e. The summed E-state index contributed by atoms with van der Waals surface area (Å²) in [4.78, 5) is 0. The maximum atomic E-state index is 3.99. The molecule has 0 unspecified atom stereocenters. The molecule has 2 aliphatic carbocycles. The van der Waals surface area contributed by atoms with Gasteiger partial charge in [-0.3, -0.25) is 0 Å². The van der Waals surface area contributed by atoms with Gasteiger partial charge in [-0.1, -0.05) is 36.4 Å². The highest BCUT2D eigenvalue weighted by molar-refractivity contribution is 5.83. The van der Waals surface area contributed by atoms with Crippen LogP contribution in [0.15, 0.2) is 30.4 Å². The lowest BCUT2D eigenvalue weighted by Crippen LogP contribution is -2.00. The van der Waals surface area contributed by atoms with Crippen LogP contribution in [0.1, 0.15) is 48.1 Å². The van der Waals surface area contributed by atoms with Crippen molar-refractivity contribution in [3.05, 3.63) is 58.2 Å². The van der Waals surface area contributed by atoms with Crippen LogP contribution >= 0.6 is 0 Å². The summed E-state index contributed by atoms with van der Waals surface area (Å²) in [6.07, 6.45) is 11.5. The number of allylic oxidation sites excluding steroid dienone is 4. The maximum absolute atomic E-state index is 3.99. The van der Waals surface area contributed by atoms with Gasteiger partial charge in [0.2, 0.25) is 0 Å². The molecule has 0 saturated heterocycles. The smallest absolute Gasteiger partial charge is 0.00543 e. The zero-order valence-electron chi connectivity index (χ0n) is 11.3.